The molecule has 2 aromatic heterocycles. The molecular weight excluding hydrogens is 404 g/mol. The number of aromatic amines is 1. The van der Waals surface area contributed by atoms with Gasteiger partial charge in [0.25, 0.3) is 0 Å². The van der Waals surface area contributed by atoms with Crippen LogP contribution in [0.25, 0.3) is 21.6 Å². The number of H-pyrrole nitrogens is 1. The fraction of sp³-hybridized carbons (Fsp3) is 0.235. The molecule has 1 N–H and O–H groups in total. The van der Waals surface area contributed by atoms with Gasteiger partial charge in [0.1, 0.15) is 5.69 Å². The van der Waals surface area contributed by atoms with Crippen molar-refractivity contribution in [2.75, 3.05) is 0 Å². The van der Waals surface area contributed by atoms with E-state index in [4.69, 9.17) is 29.8 Å². The van der Waals surface area contributed by atoms with E-state index < -0.39 is 17.3 Å². The Morgan fingerprint density at radius 3 is 2.30 bits per heavy atom. The highest BCUT2D eigenvalue weighted by molar-refractivity contribution is 6.38. The number of aromatic nitrogens is 3. The summed E-state index contributed by atoms with van der Waals surface area (Å²) in [5.41, 5.74) is -0.781. The van der Waals surface area contributed by atoms with Crippen LogP contribution in [0.1, 0.15) is 30.9 Å². The number of rotatable bonds is 2. The van der Waals surface area contributed by atoms with Crippen molar-refractivity contribution in [2.24, 2.45) is 0 Å². The Morgan fingerprint density at radius 1 is 1.22 bits per heavy atom. The Morgan fingerprint density at radius 2 is 1.81 bits per heavy atom. The van der Waals surface area contributed by atoms with Gasteiger partial charge in [-0.05, 0) is 28.7 Å². The van der Waals surface area contributed by atoms with Crippen LogP contribution in [0.15, 0.2) is 23.0 Å². The predicted molar refractivity (Wildman–Crippen MR) is 97.1 cm³/mol. The van der Waals surface area contributed by atoms with Crippen LogP contribution in [0.2, 0.25) is 10.0 Å². The van der Waals surface area contributed by atoms with Crippen molar-refractivity contribution in [1.82, 2.24) is 14.8 Å². The van der Waals surface area contributed by atoms with Crippen LogP contribution in [0.4, 0.5) is 19.0 Å². The highest BCUT2D eigenvalue weighted by atomic mass is 35.5. The Bertz CT molecular complexity index is 1130. The SMILES string of the molecule is [C-]#[N+]c1nn(-c2c(Cl)cc(C(F)(F)F)cc2Cl)c2[nH]c(=O)cc(C(C)C)c12. The van der Waals surface area contributed by atoms with Gasteiger partial charge in [0.15, 0.2) is 5.65 Å². The number of hydrogen-bond donors (Lipinski definition) is 1. The third kappa shape index (κ3) is 3.29. The predicted octanol–water partition coefficient (Wildman–Crippen LogP) is 5.71. The minimum atomic E-state index is -4.63. The highest BCUT2D eigenvalue weighted by Crippen LogP contribution is 2.40. The normalized spacial score (nSPS) is 12.0. The maximum Gasteiger partial charge on any atom is 0.416 e. The Kier molecular flexibility index (Phi) is 4.70. The van der Waals surface area contributed by atoms with Gasteiger partial charge in [-0.15, -0.1) is 4.68 Å². The number of pyridine rings is 1. The van der Waals surface area contributed by atoms with E-state index >= 15 is 0 Å². The minimum absolute atomic E-state index is 0.0167. The molecule has 0 aliphatic carbocycles. The Labute approximate surface area is 161 Å². The number of alkyl halides is 3. The summed E-state index contributed by atoms with van der Waals surface area (Å²) >= 11 is 12.1. The molecule has 3 rings (SSSR count). The molecule has 0 spiro atoms. The molecule has 27 heavy (non-hydrogen) atoms. The fourth-order valence-electron chi connectivity index (χ4n) is 2.78. The highest BCUT2D eigenvalue weighted by Gasteiger charge is 2.33. The molecule has 1 aromatic carbocycles. The van der Waals surface area contributed by atoms with E-state index in [0.29, 0.717) is 10.9 Å². The fourth-order valence-corrected chi connectivity index (χ4v) is 3.43. The smallest absolute Gasteiger partial charge is 0.358 e. The lowest BCUT2D eigenvalue weighted by Gasteiger charge is -2.12. The van der Waals surface area contributed by atoms with Crippen molar-refractivity contribution < 1.29 is 13.2 Å². The molecule has 2 heterocycles. The summed E-state index contributed by atoms with van der Waals surface area (Å²) in [5, 5.41) is 3.89. The van der Waals surface area contributed by atoms with Gasteiger partial charge in [-0.2, -0.15) is 13.2 Å². The van der Waals surface area contributed by atoms with Gasteiger partial charge < -0.3 is 9.83 Å². The van der Waals surface area contributed by atoms with Gasteiger partial charge in [-0.25, -0.2) is 0 Å². The van der Waals surface area contributed by atoms with Crippen LogP contribution in [0, 0.1) is 6.57 Å². The summed E-state index contributed by atoms with van der Waals surface area (Å²) in [6.07, 6.45) is -4.63. The van der Waals surface area contributed by atoms with Crippen LogP contribution < -0.4 is 5.56 Å². The van der Waals surface area contributed by atoms with Crippen molar-refractivity contribution in [1.29, 1.82) is 0 Å². The van der Waals surface area contributed by atoms with Gasteiger partial charge in [0, 0.05) is 6.07 Å². The molecular formula is C17H11Cl2F3N4O. The molecule has 3 aromatic rings. The third-order valence-electron chi connectivity index (χ3n) is 3.97. The average Bonchev–Trinajstić information content (AvgIpc) is 2.90. The van der Waals surface area contributed by atoms with E-state index in [1.165, 1.54) is 6.07 Å². The minimum Gasteiger partial charge on any atom is -0.358 e. The molecule has 0 saturated carbocycles. The summed E-state index contributed by atoms with van der Waals surface area (Å²) in [7, 11) is 0. The Balaban J connectivity index is 2.41. The quantitative estimate of drug-likeness (QED) is 0.545. The number of halogens is 5. The van der Waals surface area contributed by atoms with E-state index in [1.54, 1.807) is 0 Å². The summed E-state index contributed by atoms with van der Waals surface area (Å²) in [5.74, 6) is -0.108. The van der Waals surface area contributed by atoms with E-state index in [1.807, 2.05) is 13.8 Å². The van der Waals surface area contributed by atoms with E-state index in [-0.39, 0.29) is 33.1 Å². The lowest BCUT2D eigenvalue weighted by molar-refractivity contribution is -0.137. The second kappa shape index (κ2) is 6.59. The third-order valence-corrected chi connectivity index (χ3v) is 4.54. The first-order chi connectivity index (χ1) is 12.5. The van der Waals surface area contributed by atoms with E-state index in [0.717, 1.165) is 16.8 Å². The van der Waals surface area contributed by atoms with Gasteiger partial charge >= 0.3 is 12.0 Å². The molecule has 0 unspecified atom stereocenters. The summed E-state index contributed by atoms with van der Waals surface area (Å²) in [6, 6.07) is 2.81. The summed E-state index contributed by atoms with van der Waals surface area (Å²) in [6.45, 7) is 11.0. The van der Waals surface area contributed by atoms with Crippen LogP contribution in [-0.2, 0) is 6.18 Å². The first kappa shape index (κ1) is 19.3. The van der Waals surface area contributed by atoms with Gasteiger partial charge in [0.05, 0.1) is 21.0 Å². The van der Waals surface area contributed by atoms with Crippen LogP contribution >= 0.6 is 23.2 Å². The van der Waals surface area contributed by atoms with E-state index in [2.05, 4.69) is 14.9 Å². The number of benzene rings is 1. The monoisotopic (exact) mass is 414 g/mol. The van der Waals surface area contributed by atoms with Crippen LogP contribution in [-0.4, -0.2) is 14.8 Å². The molecule has 0 aliphatic rings. The van der Waals surface area contributed by atoms with Crippen molar-refractivity contribution in [3.63, 3.8) is 0 Å². The number of nitrogens with one attached hydrogen (secondary N) is 1. The molecule has 0 radical (unpaired) electrons. The summed E-state index contributed by atoms with van der Waals surface area (Å²) in [4.78, 5) is 18.0. The lowest BCUT2D eigenvalue weighted by Crippen LogP contribution is -2.11. The first-order valence-electron chi connectivity index (χ1n) is 7.64. The molecule has 140 valence electrons. The zero-order valence-electron chi connectivity index (χ0n) is 13.9. The molecule has 0 saturated heterocycles. The van der Waals surface area contributed by atoms with Crippen LogP contribution in [0.3, 0.4) is 0 Å². The van der Waals surface area contributed by atoms with Crippen molar-refractivity contribution in [3.8, 4) is 5.69 Å². The van der Waals surface area contributed by atoms with Crippen molar-refractivity contribution >= 4 is 40.1 Å². The van der Waals surface area contributed by atoms with Crippen LogP contribution in [0.5, 0.6) is 0 Å². The molecule has 0 atom stereocenters. The van der Waals surface area contributed by atoms with Crippen molar-refractivity contribution in [2.45, 2.75) is 25.9 Å². The molecule has 0 amide bonds. The van der Waals surface area contributed by atoms with E-state index in [9.17, 15) is 18.0 Å². The number of hydrogen-bond acceptors (Lipinski definition) is 2. The second-order valence-corrected chi connectivity index (χ2v) is 6.92. The number of nitrogens with zero attached hydrogens (tertiary/aromatic N) is 3. The van der Waals surface area contributed by atoms with Gasteiger partial charge in [-0.1, -0.05) is 43.6 Å². The first-order valence-corrected chi connectivity index (χ1v) is 8.40. The van der Waals surface area contributed by atoms with Gasteiger partial charge in [0.2, 0.25) is 5.56 Å². The molecule has 0 bridgehead atoms. The second-order valence-electron chi connectivity index (χ2n) is 6.10. The summed E-state index contributed by atoms with van der Waals surface area (Å²) < 4.78 is 40.0. The topological polar surface area (TPSA) is 55.0 Å². The largest absolute Gasteiger partial charge is 0.416 e. The maximum atomic E-state index is 13.0. The number of fused-ring (bicyclic) bond motifs is 1. The van der Waals surface area contributed by atoms with Gasteiger partial charge in [-0.3, -0.25) is 4.79 Å². The maximum absolute atomic E-state index is 13.0. The molecule has 5 nitrogen and oxygen atoms in total. The molecule has 10 heteroatoms. The van der Waals surface area contributed by atoms with Crippen molar-refractivity contribution in [3.05, 3.63) is 61.1 Å². The molecule has 0 fully saturated rings. The lowest BCUT2D eigenvalue weighted by atomic mass is 10.0. The average molecular weight is 415 g/mol. The standard InChI is InChI=1S/C17H11Cl2F3N4O/c1-7(2)9-6-12(27)24-16-13(9)15(23-3)25-26(16)14-10(18)4-8(5-11(14)19)17(20,21)22/h4-7H,1-2H3,(H,24,27). The Hall–Kier alpha value is -2.50. The zero-order valence-corrected chi connectivity index (χ0v) is 15.5. The molecule has 0 aliphatic heterocycles. The zero-order chi connectivity index (χ0) is 20.1.